The second-order valence-corrected chi connectivity index (χ2v) is 5.77. The van der Waals surface area contributed by atoms with Crippen LogP contribution in [0.4, 0.5) is 5.69 Å². The predicted molar refractivity (Wildman–Crippen MR) is 103 cm³/mol. The molecule has 144 valence electrons. The quantitative estimate of drug-likeness (QED) is 0.171. The maximum Gasteiger partial charge on any atom is 0.269 e. The van der Waals surface area contributed by atoms with E-state index in [0.717, 1.165) is 18.4 Å². The van der Waals surface area contributed by atoms with Crippen LogP contribution < -0.4 is 15.4 Å². The Kier molecular flexibility index (Phi) is 9.79. The summed E-state index contributed by atoms with van der Waals surface area (Å²) in [6.07, 6.45) is 3.14. The molecule has 1 amide bonds. The fourth-order valence-corrected chi connectivity index (χ4v) is 2.19. The van der Waals surface area contributed by atoms with E-state index in [2.05, 4.69) is 17.2 Å². The maximum absolute atomic E-state index is 12.1. The van der Waals surface area contributed by atoms with Crippen LogP contribution in [0.1, 0.15) is 32.6 Å². The summed E-state index contributed by atoms with van der Waals surface area (Å²) in [6.45, 7) is 6.40. The fraction of sp³-hybridized carbons (Fsp3) is 0.350. The number of aliphatic hydroxyl groups excluding tert-OH is 1. The summed E-state index contributed by atoms with van der Waals surface area (Å²) in [5, 5.41) is 24.3. The molecule has 0 aliphatic carbocycles. The number of allylic oxidation sites excluding steroid dienone is 2. The van der Waals surface area contributed by atoms with Crippen LogP contribution in [0.25, 0.3) is 0 Å². The second kappa shape index (κ2) is 12.1. The number of aldehydes is 1. The number of carbonyl (C=O) groups excluding carboxylic acids is 2. The van der Waals surface area contributed by atoms with E-state index in [1.807, 2.05) is 6.92 Å². The number of hydrogen-bond donors (Lipinski definition) is 3. The lowest BCUT2D eigenvalue weighted by atomic mass is 10.1. The van der Waals surface area contributed by atoms with Gasteiger partial charge in [0.1, 0.15) is 23.9 Å². The van der Waals surface area contributed by atoms with E-state index in [1.54, 1.807) is 30.3 Å². The molecule has 7 heteroatoms. The van der Waals surface area contributed by atoms with Crippen molar-refractivity contribution in [1.29, 1.82) is 5.26 Å². The van der Waals surface area contributed by atoms with Crippen molar-refractivity contribution in [2.45, 2.75) is 32.6 Å². The van der Waals surface area contributed by atoms with Gasteiger partial charge in [0, 0.05) is 17.8 Å². The second-order valence-electron chi connectivity index (χ2n) is 5.77. The molecule has 0 heterocycles. The van der Waals surface area contributed by atoms with Crippen molar-refractivity contribution in [2.24, 2.45) is 0 Å². The van der Waals surface area contributed by atoms with Crippen LogP contribution in [-0.2, 0) is 9.59 Å². The van der Waals surface area contributed by atoms with Crippen molar-refractivity contribution in [3.05, 3.63) is 47.9 Å². The third-order valence-electron chi connectivity index (χ3n) is 3.55. The number of hydrogen-bond acceptors (Lipinski definition) is 6. The molecule has 0 bridgehead atoms. The van der Waals surface area contributed by atoms with Crippen molar-refractivity contribution in [3.63, 3.8) is 0 Å². The van der Waals surface area contributed by atoms with E-state index in [1.165, 1.54) is 0 Å². The number of nitrogens with zero attached hydrogens (tertiary/aromatic N) is 1. The largest absolute Gasteiger partial charge is 0.511 e. The molecule has 0 radical (unpaired) electrons. The number of carbonyl (C=O) groups is 2. The first-order valence-electron chi connectivity index (χ1n) is 8.73. The third kappa shape index (κ3) is 8.10. The number of anilines is 1. The number of nitrogens with one attached hydrogen (secondary N) is 2. The van der Waals surface area contributed by atoms with Crippen molar-refractivity contribution >= 4 is 17.9 Å². The standard InChI is InChI=1S/C20H25N3O4/c1-3-5-19(25)18(14-21)20(26)23-16-7-9-17(10-8-16)27-13-4-6-15(2)22-11-12-24/h7-10,12,22,25H,2-6,11,13H2,1H3,(H,23,26)/b19-18-. The first-order valence-corrected chi connectivity index (χ1v) is 8.73. The SMILES string of the molecule is C=C(CCCOc1ccc(NC(=O)/C(C#N)=C(\O)CCC)cc1)NCC=O. The molecule has 0 atom stereocenters. The zero-order valence-corrected chi connectivity index (χ0v) is 15.5. The molecular weight excluding hydrogens is 346 g/mol. The summed E-state index contributed by atoms with van der Waals surface area (Å²) in [5.74, 6) is -0.204. The Morgan fingerprint density at radius 3 is 2.63 bits per heavy atom. The van der Waals surface area contributed by atoms with Crippen LogP contribution in [0.15, 0.2) is 47.9 Å². The highest BCUT2D eigenvalue weighted by Gasteiger charge is 2.14. The van der Waals surface area contributed by atoms with Crippen LogP contribution >= 0.6 is 0 Å². The smallest absolute Gasteiger partial charge is 0.269 e. The van der Waals surface area contributed by atoms with Crippen LogP contribution in [0.2, 0.25) is 0 Å². The van der Waals surface area contributed by atoms with Gasteiger partial charge in [0.15, 0.2) is 5.57 Å². The predicted octanol–water partition coefficient (Wildman–Crippen LogP) is 3.22. The van der Waals surface area contributed by atoms with E-state index in [0.29, 0.717) is 30.9 Å². The Balaban J connectivity index is 2.49. The molecule has 3 N–H and O–H groups in total. The molecule has 0 aliphatic rings. The van der Waals surface area contributed by atoms with Crippen LogP contribution in [0.5, 0.6) is 5.75 Å². The molecule has 0 fully saturated rings. The summed E-state index contributed by atoms with van der Waals surface area (Å²) in [4.78, 5) is 22.3. The number of rotatable bonds is 12. The van der Waals surface area contributed by atoms with Gasteiger partial charge in [-0.3, -0.25) is 4.79 Å². The van der Waals surface area contributed by atoms with Crippen molar-refractivity contribution in [1.82, 2.24) is 5.32 Å². The number of benzene rings is 1. The summed E-state index contributed by atoms with van der Waals surface area (Å²) >= 11 is 0. The summed E-state index contributed by atoms with van der Waals surface area (Å²) < 4.78 is 5.61. The average molecular weight is 371 g/mol. The minimum absolute atomic E-state index is 0.207. The minimum atomic E-state index is -0.640. The molecular formula is C20H25N3O4. The van der Waals surface area contributed by atoms with E-state index < -0.39 is 5.91 Å². The molecule has 0 spiro atoms. The first-order chi connectivity index (χ1) is 13.0. The van der Waals surface area contributed by atoms with Gasteiger partial charge in [0.25, 0.3) is 5.91 Å². The van der Waals surface area contributed by atoms with Crippen molar-refractivity contribution < 1.29 is 19.4 Å². The van der Waals surface area contributed by atoms with Gasteiger partial charge in [0.2, 0.25) is 0 Å². The molecule has 27 heavy (non-hydrogen) atoms. The molecule has 7 nitrogen and oxygen atoms in total. The van der Waals surface area contributed by atoms with Gasteiger partial charge in [-0.2, -0.15) is 5.26 Å². The van der Waals surface area contributed by atoms with Crippen molar-refractivity contribution in [3.8, 4) is 11.8 Å². The van der Waals surface area contributed by atoms with Crippen LogP contribution in [0, 0.1) is 11.3 Å². The highest BCUT2D eigenvalue weighted by Crippen LogP contribution is 2.18. The van der Waals surface area contributed by atoms with Gasteiger partial charge in [-0.15, -0.1) is 0 Å². The Labute approximate surface area is 159 Å². The third-order valence-corrected chi connectivity index (χ3v) is 3.55. The lowest BCUT2D eigenvalue weighted by Gasteiger charge is -2.10. The van der Waals surface area contributed by atoms with Gasteiger partial charge >= 0.3 is 0 Å². The molecule has 0 saturated heterocycles. The fourth-order valence-electron chi connectivity index (χ4n) is 2.19. The molecule has 0 unspecified atom stereocenters. The Hall–Kier alpha value is -3.27. The first kappa shape index (κ1) is 21.8. The molecule has 0 aromatic heterocycles. The van der Waals surface area contributed by atoms with Gasteiger partial charge in [0.05, 0.1) is 13.2 Å². The number of nitriles is 1. The van der Waals surface area contributed by atoms with Crippen LogP contribution in [0.3, 0.4) is 0 Å². The minimum Gasteiger partial charge on any atom is -0.511 e. The van der Waals surface area contributed by atoms with E-state index >= 15 is 0 Å². The van der Waals surface area contributed by atoms with Gasteiger partial charge in [-0.05, 0) is 43.5 Å². The number of aliphatic hydroxyl groups is 1. The topological polar surface area (TPSA) is 111 Å². The lowest BCUT2D eigenvalue weighted by molar-refractivity contribution is -0.112. The van der Waals surface area contributed by atoms with E-state index in [4.69, 9.17) is 10.00 Å². The molecule has 1 aromatic carbocycles. The zero-order chi connectivity index (χ0) is 20.1. The molecule has 0 saturated carbocycles. The van der Waals surface area contributed by atoms with Gasteiger partial charge in [-0.1, -0.05) is 13.5 Å². The van der Waals surface area contributed by atoms with E-state index in [9.17, 15) is 14.7 Å². The number of ether oxygens (including phenoxy) is 1. The van der Waals surface area contributed by atoms with Gasteiger partial charge < -0.3 is 25.3 Å². The monoisotopic (exact) mass is 371 g/mol. The molecule has 1 aromatic rings. The summed E-state index contributed by atoms with van der Waals surface area (Å²) in [5.41, 5.74) is 1.01. The van der Waals surface area contributed by atoms with Crippen molar-refractivity contribution in [2.75, 3.05) is 18.5 Å². The number of amides is 1. The Morgan fingerprint density at radius 2 is 2.04 bits per heavy atom. The van der Waals surface area contributed by atoms with Crippen LogP contribution in [-0.4, -0.2) is 30.5 Å². The maximum atomic E-state index is 12.1. The Bertz CT molecular complexity index is 718. The normalized spacial score (nSPS) is 11.0. The lowest BCUT2D eigenvalue weighted by Crippen LogP contribution is -2.15. The molecule has 0 aliphatic heterocycles. The van der Waals surface area contributed by atoms with Gasteiger partial charge in [-0.25, -0.2) is 0 Å². The molecule has 1 rings (SSSR count). The summed E-state index contributed by atoms with van der Waals surface area (Å²) in [6, 6.07) is 8.46. The highest BCUT2D eigenvalue weighted by atomic mass is 16.5. The Morgan fingerprint density at radius 1 is 1.33 bits per heavy atom. The van der Waals surface area contributed by atoms with E-state index in [-0.39, 0.29) is 24.3 Å². The average Bonchev–Trinajstić information content (AvgIpc) is 2.65. The highest BCUT2D eigenvalue weighted by molar-refractivity contribution is 6.06. The zero-order valence-electron chi connectivity index (χ0n) is 15.5. The summed E-state index contributed by atoms with van der Waals surface area (Å²) in [7, 11) is 0.